The van der Waals surface area contributed by atoms with Gasteiger partial charge in [0.15, 0.2) is 5.11 Å². The van der Waals surface area contributed by atoms with Gasteiger partial charge in [0.25, 0.3) is 0 Å². The van der Waals surface area contributed by atoms with E-state index in [9.17, 15) is 22.9 Å². The molecule has 0 unspecified atom stereocenters. The third-order valence-corrected chi connectivity index (χ3v) is 2.25. The average molecular weight is 300 g/mol. The van der Waals surface area contributed by atoms with Gasteiger partial charge in [-0.3, -0.25) is 0 Å². The van der Waals surface area contributed by atoms with Crippen LogP contribution in [0.5, 0.6) is 0 Å². The Morgan fingerprint density at radius 2 is 1.65 bits per heavy atom. The third-order valence-electron chi connectivity index (χ3n) is 1.25. The molecule has 0 aromatic rings. The van der Waals surface area contributed by atoms with Gasteiger partial charge in [-0.1, -0.05) is 0 Å². The van der Waals surface area contributed by atoms with Crippen LogP contribution in [-0.2, 0) is 14.9 Å². The summed E-state index contributed by atoms with van der Waals surface area (Å²) in [5, 5.41) is 15.0. The van der Waals surface area contributed by atoms with E-state index in [4.69, 9.17) is 0 Å². The summed E-state index contributed by atoms with van der Waals surface area (Å²) in [5.41, 5.74) is 0. The van der Waals surface area contributed by atoms with Gasteiger partial charge in [0.05, 0.1) is 15.9 Å². The van der Waals surface area contributed by atoms with E-state index >= 15 is 0 Å². The van der Waals surface area contributed by atoms with E-state index < -0.39 is 21.8 Å². The average Bonchev–Trinajstić information content (AvgIpc) is 2.00. The number of hydrogen-bond acceptors (Lipinski definition) is 6. The number of rotatable bonds is 6. The third kappa shape index (κ3) is 19.6. The van der Waals surface area contributed by atoms with Crippen LogP contribution in [0.4, 0.5) is 0 Å². The van der Waals surface area contributed by atoms with Crippen LogP contribution in [0, 0.1) is 0 Å². The number of hydrogen-bond donors (Lipinski definition) is 2. The Balaban J connectivity index is -0.000000980. The van der Waals surface area contributed by atoms with E-state index in [-0.39, 0.29) is 83.7 Å². The summed E-state index contributed by atoms with van der Waals surface area (Å²) in [5.74, 6) is -1.79. The van der Waals surface area contributed by atoms with Crippen LogP contribution in [0.25, 0.3) is 0 Å². The number of carboxylic acids is 1. The van der Waals surface area contributed by atoms with E-state index in [1.807, 2.05) is 0 Å². The fourth-order valence-electron chi connectivity index (χ4n) is 0.630. The van der Waals surface area contributed by atoms with Crippen molar-refractivity contribution in [1.29, 1.82) is 0 Å². The predicted octanol–water partition coefficient (Wildman–Crippen LogP) is -8.86. The van der Waals surface area contributed by atoms with Gasteiger partial charge in [-0.2, -0.15) is 0 Å². The van der Waals surface area contributed by atoms with Gasteiger partial charge in [0.1, 0.15) is 0 Å². The molecule has 2 N–H and O–H groups in total. The quantitative estimate of drug-likeness (QED) is 0.282. The zero-order chi connectivity index (χ0) is 11.9. The molecule has 88 valence electrons. The molecule has 0 atom stereocenters. The van der Waals surface area contributed by atoms with Crippen molar-refractivity contribution in [2.24, 2.45) is 0 Å². The Kier molecular flexibility index (Phi) is 16.5. The molecule has 0 fully saturated rings. The van der Waals surface area contributed by atoms with Crippen molar-refractivity contribution < 1.29 is 82.0 Å². The first-order chi connectivity index (χ1) is 6.81. The topological polar surface area (TPSA) is 121 Å². The van der Waals surface area contributed by atoms with Crippen molar-refractivity contribution in [2.75, 3.05) is 18.8 Å². The first-order valence-corrected chi connectivity index (χ1v) is 5.95. The molecule has 0 aliphatic carbocycles. The summed E-state index contributed by atoms with van der Waals surface area (Å²) in [6, 6.07) is 0. The molecule has 0 rings (SSSR count). The van der Waals surface area contributed by atoms with Crippen LogP contribution in [0.15, 0.2) is 0 Å². The second-order valence-electron chi connectivity index (χ2n) is 2.57. The maximum Gasteiger partial charge on any atom is 1.00 e. The van der Waals surface area contributed by atoms with Gasteiger partial charge in [-0.05, 0) is 12.2 Å². The second-order valence-corrected chi connectivity index (χ2v) is 4.50. The molecule has 0 aliphatic heterocycles. The van der Waals surface area contributed by atoms with Crippen molar-refractivity contribution in [1.82, 2.24) is 10.6 Å². The smallest absolute Gasteiger partial charge is 0.748 e. The Morgan fingerprint density at radius 1 is 1.18 bits per heavy atom. The monoisotopic (exact) mass is 300 g/mol. The molecule has 0 heterocycles. The van der Waals surface area contributed by atoms with Crippen LogP contribution < -0.4 is 74.9 Å². The molecule has 0 saturated carbocycles. The summed E-state index contributed by atoms with van der Waals surface area (Å²) in [7, 11) is -4.26. The molecule has 0 aromatic carbocycles. The summed E-state index contributed by atoms with van der Waals surface area (Å²) >= 11 is 4.66. The Labute approximate surface area is 149 Å². The fourth-order valence-corrected chi connectivity index (χ4v) is 1.19. The van der Waals surface area contributed by atoms with Crippen LogP contribution in [0.2, 0.25) is 0 Å². The van der Waals surface area contributed by atoms with Crippen LogP contribution >= 0.6 is 12.2 Å². The summed E-state index contributed by atoms with van der Waals surface area (Å²) in [6.07, 6.45) is -0.207. The molecular weight excluding hydrogens is 290 g/mol. The molecule has 0 aromatic heterocycles. The summed E-state index contributed by atoms with van der Waals surface area (Å²) in [6.45, 7) is -0.0265. The maximum absolute atomic E-state index is 10.2. The van der Waals surface area contributed by atoms with E-state index in [1.54, 1.807) is 0 Å². The van der Waals surface area contributed by atoms with E-state index in [2.05, 4.69) is 22.9 Å². The molecule has 17 heavy (non-hydrogen) atoms. The number of nitrogens with one attached hydrogen (secondary N) is 2. The molecule has 11 heteroatoms. The Morgan fingerprint density at radius 3 is 2.06 bits per heavy atom. The van der Waals surface area contributed by atoms with Gasteiger partial charge >= 0.3 is 59.1 Å². The Hall–Kier alpha value is 1.07. The Bertz CT molecular complexity index is 335. The minimum absolute atomic E-state index is 0. The molecule has 7 nitrogen and oxygen atoms in total. The standard InChI is InChI=1S/C6H12N2O5S2.2Na/c9-5(10)1-2-7-6(14)8-3-4-15(11,12)13;;/h1-4H2,(H,9,10)(H2,7,8,14)(H,11,12,13);;/q;2*+1/p-2. The fraction of sp³-hybridized carbons (Fsp3) is 0.667. The molecule has 0 bridgehead atoms. The molecular formula is C6H10N2Na2O5S2. The molecule has 0 amide bonds. The number of aliphatic carboxylic acids is 1. The molecule has 0 saturated heterocycles. The minimum atomic E-state index is -4.26. The van der Waals surface area contributed by atoms with Gasteiger partial charge in [0.2, 0.25) is 0 Å². The van der Waals surface area contributed by atoms with Gasteiger partial charge < -0.3 is 25.1 Å². The van der Waals surface area contributed by atoms with Gasteiger partial charge in [0, 0.05) is 25.5 Å². The first-order valence-electron chi connectivity index (χ1n) is 3.96. The van der Waals surface area contributed by atoms with Gasteiger partial charge in [-0.15, -0.1) is 0 Å². The maximum atomic E-state index is 10.2. The molecule has 0 radical (unpaired) electrons. The molecule has 0 spiro atoms. The first kappa shape index (κ1) is 23.2. The largest absolute Gasteiger partial charge is 1.00 e. The van der Waals surface area contributed by atoms with Gasteiger partial charge in [-0.25, -0.2) is 8.42 Å². The van der Waals surface area contributed by atoms with Crippen molar-refractivity contribution in [2.45, 2.75) is 6.42 Å². The van der Waals surface area contributed by atoms with Crippen LogP contribution in [-0.4, -0.2) is 42.9 Å². The second kappa shape index (κ2) is 12.1. The van der Waals surface area contributed by atoms with Crippen molar-refractivity contribution in [3.05, 3.63) is 0 Å². The SMILES string of the molecule is O=C([O-])CCNC(=S)NCCS(=O)(=O)[O-].[Na+].[Na+]. The number of carbonyl (C=O) groups excluding carboxylic acids is 1. The molecule has 0 aliphatic rings. The number of carboxylic acid groups (broad SMARTS) is 1. The predicted molar refractivity (Wildman–Crippen MR) is 52.8 cm³/mol. The number of thiocarbonyl (C=S) groups is 1. The minimum Gasteiger partial charge on any atom is -0.748 e. The van der Waals surface area contributed by atoms with Crippen molar-refractivity contribution in [3.8, 4) is 0 Å². The van der Waals surface area contributed by atoms with Crippen LogP contribution in [0.3, 0.4) is 0 Å². The summed E-state index contributed by atoms with van der Waals surface area (Å²) < 4.78 is 30.5. The van der Waals surface area contributed by atoms with Crippen molar-refractivity contribution in [3.63, 3.8) is 0 Å². The summed E-state index contributed by atoms with van der Waals surface area (Å²) in [4.78, 5) is 9.99. The normalized spacial score (nSPS) is 9.47. The van der Waals surface area contributed by atoms with E-state index in [0.29, 0.717) is 0 Å². The van der Waals surface area contributed by atoms with E-state index in [0.717, 1.165) is 0 Å². The zero-order valence-corrected chi connectivity index (χ0v) is 15.3. The van der Waals surface area contributed by atoms with E-state index in [1.165, 1.54) is 0 Å². The zero-order valence-electron chi connectivity index (χ0n) is 9.69. The van der Waals surface area contributed by atoms with Crippen molar-refractivity contribution >= 4 is 33.4 Å². The number of carbonyl (C=O) groups is 1. The van der Waals surface area contributed by atoms with Crippen LogP contribution in [0.1, 0.15) is 6.42 Å².